The third-order valence-electron chi connectivity index (χ3n) is 3.04. The summed E-state index contributed by atoms with van der Waals surface area (Å²) in [6.07, 6.45) is 4.85. The number of nitrogens with two attached hydrogens (primary N) is 1. The van der Waals surface area contributed by atoms with Crippen molar-refractivity contribution < 1.29 is 4.74 Å². The van der Waals surface area contributed by atoms with E-state index in [1.807, 2.05) is 19.3 Å². The second-order valence-electron chi connectivity index (χ2n) is 5.75. The molecule has 104 valence electrons. The molecule has 0 saturated heterocycles. The number of nitrogens with zero attached hydrogens (tertiary/aromatic N) is 2. The molecule has 18 heavy (non-hydrogen) atoms. The van der Waals surface area contributed by atoms with Gasteiger partial charge >= 0.3 is 0 Å². The van der Waals surface area contributed by atoms with E-state index in [9.17, 15) is 0 Å². The van der Waals surface area contributed by atoms with Crippen LogP contribution in [0.2, 0.25) is 0 Å². The maximum atomic E-state index is 6.38. The Morgan fingerprint density at radius 1 is 1.39 bits per heavy atom. The molecule has 0 aliphatic carbocycles. The summed E-state index contributed by atoms with van der Waals surface area (Å²) in [6.45, 7) is 12.2. The second-order valence-corrected chi connectivity index (χ2v) is 5.75. The minimum absolute atomic E-state index is 0.00157. The summed E-state index contributed by atoms with van der Waals surface area (Å²) in [5.74, 6) is 0.922. The monoisotopic (exact) mass is 253 g/mol. The van der Waals surface area contributed by atoms with Crippen molar-refractivity contribution in [3.05, 3.63) is 18.2 Å². The van der Waals surface area contributed by atoms with Crippen LogP contribution in [0.5, 0.6) is 0 Å². The molecule has 2 atom stereocenters. The summed E-state index contributed by atoms with van der Waals surface area (Å²) in [7, 11) is 0. The molecule has 4 heteroatoms. The Bertz CT molecular complexity index is 354. The lowest BCUT2D eigenvalue weighted by Gasteiger charge is -2.34. The van der Waals surface area contributed by atoms with Crippen molar-refractivity contribution in [1.29, 1.82) is 0 Å². The fourth-order valence-electron chi connectivity index (χ4n) is 2.26. The van der Waals surface area contributed by atoms with Crippen molar-refractivity contribution >= 4 is 0 Å². The van der Waals surface area contributed by atoms with Gasteiger partial charge in [0.05, 0.1) is 12.1 Å². The van der Waals surface area contributed by atoms with Gasteiger partial charge in [0.15, 0.2) is 0 Å². The standard InChI is InChI=1S/C14H27N3O/c1-6-9-17-10-8-16-13(17)11(15)12(18-7-2)14(3,4)5/h8,10-12H,6-7,9,15H2,1-5H3. The fraction of sp³-hybridized carbons (Fsp3) is 0.786. The van der Waals surface area contributed by atoms with Gasteiger partial charge in [0.25, 0.3) is 0 Å². The summed E-state index contributed by atoms with van der Waals surface area (Å²) >= 11 is 0. The zero-order chi connectivity index (χ0) is 13.8. The largest absolute Gasteiger partial charge is 0.376 e. The van der Waals surface area contributed by atoms with E-state index in [-0.39, 0.29) is 17.6 Å². The first-order valence-corrected chi connectivity index (χ1v) is 6.80. The highest BCUT2D eigenvalue weighted by molar-refractivity contribution is 5.03. The average Bonchev–Trinajstić information content (AvgIpc) is 2.72. The molecule has 0 aliphatic heterocycles. The first-order valence-electron chi connectivity index (χ1n) is 6.80. The smallest absolute Gasteiger partial charge is 0.128 e. The van der Waals surface area contributed by atoms with Crippen LogP contribution < -0.4 is 5.73 Å². The second kappa shape index (κ2) is 6.34. The number of ether oxygens (including phenoxy) is 1. The molecule has 0 aliphatic rings. The van der Waals surface area contributed by atoms with E-state index in [0.717, 1.165) is 18.8 Å². The van der Waals surface area contributed by atoms with Crippen LogP contribution in [0.1, 0.15) is 52.9 Å². The van der Waals surface area contributed by atoms with E-state index in [0.29, 0.717) is 6.61 Å². The van der Waals surface area contributed by atoms with Gasteiger partial charge in [-0.2, -0.15) is 0 Å². The summed E-state index contributed by atoms with van der Waals surface area (Å²) in [4.78, 5) is 4.41. The maximum absolute atomic E-state index is 6.38. The van der Waals surface area contributed by atoms with Crippen LogP contribution in [-0.4, -0.2) is 22.3 Å². The molecule has 1 aromatic rings. The van der Waals surface area contributed by atoms with Gasteiger partial charge in [-0.25, -0.2) is 4.98 Å². The third-order valence-corrected chi connectivity index (χ3v) is 3.04. The Kier molecular flexibility index (Phi) is 5.35. The molecule has 0 radical (unpaired) electrons. The summed E-state index contributed by atoms with van der Waals surface area (Å²) in [5, 5.41) is 0. The highest BCUT2D eigenvalue weighted by atomic mass is 16.5. The Balaban J connectivity index is 2.94. The van der Waals surface area contributed by atoms with Gasteiger partial charge in [0.2, 0.25) is 0 Å². The number of aromatic nitrogens is 2. The first-order chi connectivity index (χ1) is 8.41. The Labute approximate surface area is 111 Å². The van der Waals surface area contributed by atoms with Crippen LogP contribution in [0.25, 0.3) is 0 Å². The topological polar surface area (TPSA) is 53.1 Å². The molecule has 0 saturated carbocycles. The minimum atomic E-state index is -0.188. The molecule has 2 N–H and O–H groups in total. The molecule has 0 fully saturated rings. The van der Waals surface area contributed by atoms with Gasteiger partial charge in [0, 0.05) is 25.5 Å². The van der Waals surface area contributed by atoms with Crippen molar-refractivity contribution in [3.63, 3.8) is 0 Å². The van der Waals surface area contributed by atoms with Crippen molar-refractivity contribution in [2.24, 2.45) is 11.1 Å². The van der Waals surface area contributed by atoms with Crippen molar-refractivity contribution in [3.8, 4) is 0 Å². The number of aryl methyl sites for hydroxylation is 1. The molecule has 0 amide bonds. The molecule has 1 aromatic heterocycles. The Morgan fingerprint density at radius 3 is 2.56 bits per heavy atom. The molecule has 0 bridgehead atoms. The zero-order valence-electron chi connectivity index (χ0n) is 12.3. The van der Waals surface area contributed by atoms with Gasteiger partial charge in [-0.05, 0) is 18.8 Å². The fourth-order valence-corrected chi connectivity index (χ4v) is 2.26. The van der Waals surface area contributed by atoms with E-state index in [1.165, 1.54) is 0 Å². The molecule has 1 rings (SSSR count). The number of rotatable bonds is 6. The highest BCUT2D eigenvalue weighted by Gasteiger charge is 2.33. The van der Waals surface area contributed by atoms with Crippen LogP contribution in [-0.2, 0) is 11.3 Å². The van der Waals surface area contributed by atoms with Crippen LogP contribution in [0.15, 0.2) is 12.4 Å². The van der Waals surface area contributed by atoms with E-state index in [2.05, 4.69) is 37.2 Å². The number of imidazole rings is 1. The average molecular weight is 253 g/mol. The summed E-state index contributed by atoms with van der Waals surface area (Å²) in [5.41, 5.74) is 6.38. The quantitative estimate of drug-likeness (QED) is 0.848. The van der Waals surface area contributed by atoms with Gasteiger partial charge in [-0.1, -0.05) is 27.7 Å². The lowest BCUT2D eigenvalue weighted by atomic mass is 9.84. The third kappa shape index (κ3) is 3.56. The van der Waals surface area contributed by atoms with Gasteiger partial charge in [-0.15, -0.1) is 0 Å². The van der Waals surface area contributed by atoms with Crippen molar-refractivity contribution in [1.82, 2.24) is 9.55 Å². The number of hydrogen-bond acceptors (Lipinski definition) is 3. The van der Waals surface area contributed by atoms with Crippen molar-refractivity contribution in [2.75, 3.05) is 6.61 Å². The van der Waals surface area contributed by atoms with Gasteiger partial charge in [0.1, 0.15) is 5.82 Å². The number of hydrogen-bond donors (Lipinski definition) is 1. The predicted octanol–water partition coefficient (Wildman–Crippen LogP) is 2.74. The normalized spacial score (nSPS) is 15.7. The summed E-state index contributed by atoms with van der Waals surface area (Å²) < 4.78 is 7.97. The van der Waals surface area contributed by atoms with E-state index in [1.54, 1.807) is 0 Å². The molecule has 1 heterocycles. The van der Waals surface area contributed by atoms with E-state index in [4.69, 9.17) is 10.5 Å². The molecule has 0 aromatic carbocycles. The minimum Gasteiger partial charge on any atom is -0.376 e. The Hall–Kier alpha value is -0.870. The molecular weight excluding hydrogens is 226 g/mol. The van der Waals surface area contributed by atoms with Crippen LogP contribution >= 0.6 is 0 Å². The van der Waals surface area contributed by atoms with E-state index < -0.39 is 0 Å². The SMILES string of the molecule is CCCn1ccnc1C(N)C(OCC)C(C)(C)C. The zero-order valence-corrected chi connectivity index (χ0v) is 12.3. The summed E-state index contributed by atoms with van der Waals surface area (Å²) in [6, 6.07) is -0.188. The van der Waals surface area contributed by atoms with E-state index >= 15 is 0 Å². The lowest BCUT2D eigenvalue weighted by molar-refractivity contribution is -0.0305. The van der Waals surface area contributed by atoms with Crippen LogP contribution in [0.3, 0.4) is 0 Å². The lowest BCUT2D eigenvalue weighted by Crippen LogP contribution is -2.40. The van der Waals surface area contributed by atoms with Crippen molar-refractivity contribution in [2.45, 2.75) is 59.7 Å². The molecule has 4 nitrogen and oxygen atoms in total. The van der Waals surface area contributed by atoms with Gasteiger partial charge < -0.3 is 15.0 Å². The molecular formula is C14H27N3O. The Morgan fingerprint density at radius 2 is 2.06 bits per heavy atom. The van der Waals surface area contributed by atoms with Gasteiger partial charge in [-0.3, -0.25) is 0 Å². The molecule has 0 spiro atoms. The van der Waals surface area contributed by atoms with Crippen LogP contribution in [0, 0.1) is 5.41 Å². The highest BCUT2D eigenvalue weighted by Crippen LogP contribution is 2.30. The first kappa shape index (κ1) is 15.2. The predicted molar refractivity (Wildman–Crippen MR) is 74.3 cm³/mol. The van der Waals surface area contributed by atoms with Crippen LogP contribution in [0.4, 0.5) is 0 Å². The maximum Gasteiger partial charge on any atom is 0.128 e. The molecule has 2 unspecified atom stereocenters.